The number of likely N-dealkylation sites (tertiary alicyclic amines) is 1. The van der Waals surface area contributed by atoms with Gasteiger partial charge in [0.15, 0.2) is 6.29 Å². The Balaban J connectivity index is 1.36. The molecule has 5 rings (SSSR count). The number of benzene rings is 2. The Morgan fingerprint density at radius 2 is 1.62 bits per heavy atom. The van der Waals surface area contributed by atoms with E-state index in [0.29, 0.717) is 19.1 Å². The highest BCUT2D eigenvalue weighted by atomic mass is 16.7. The summed E-state index contributed by atoms with van der Waals surface area (Å²) in [5, 5.41) is 1.03. The van der Waals surface area contributed by atoms with Crippen molar-refractivity contribution in [3.05, 3.63) is 71.9 Å². The quantitative estimate of drug-likeness (QED) is 0.678. The van der Waals surface area contributed by atoms with Crippen LogP contribution < -0.4 is 0 Å². The van der Waals surface area contributed by atoms with Crippen molar-refractivity contribution in [1.29, 1.82) is 0 Å². The zero-order valence-corrected chi connectivity index (χ0v) is 16.5. The minimum Gasteiger partial charge on any atom is -0.350 e. The Labute approximate surface area is 170 Å². The molecule has 2 aromatic carbocycles. The van der Waals surface area contributed by atoms with Crippen LogP contribution in [0.3, 0.4) is 0 Å². The van der Waals surface area contributed by atoms with Crippen LogP contribution in [0.5, 0.6) is 0 Å². The summed E-state index contributed by atoms with van der Waals surface area (Å²) in [4.78, 5) is 15.3. The molecule has 0 unspecified atom stereocenters. The molecule has 2 saturated heterocycles. The molecule has 0 bridgehead atoms. The molecule has 0 saturated carbocycles. The first-order valence-electron chi connectivity index (χ1n) is 10.4. The van der Waals surface area contributed by atoms with E-state index in [9.17, 15) is 4.79 Å². The zero-order chi connectivity index (χ0) is 19.6. The lowest BCUT2D eigenvalue weighted by molar-refractivity contribution is -0.0956. The predicted molar refractivity (Wildman–Crippen MR) is 112 cm³/mol. The zero-order valence-electron chi connectivity index (χ0n) is 16.5. The highest BCUT2D eigenvalue weighted by molar-refractivity contribution is 6.07. The molecule has 150 valence electrons. The molecule has 2 fully saturated rings. The van der Waals surface area contributed by atoms with Crippen molar-refractivity contribution in [2.75, 3.05) is 26.3 Å². The van der Waals surface area contributed by atoms with E-state index in [1.165, 1.54) is 5.56 Å². The predicted octanol–water partition coefficient (Wildman–Crippen LogP) is 3.91. The average Bonchev–Trinajstić information content (AvgIpc) is 3.43. The highest BCUT2D eigenvalue weighted by Crippen LogP contribution is 2.29. The van der Waals surface area contributed by atoms with Gasteiger partial charge in [-0.05, 0) is 24.5 Å². The van der Waals surface area contributed by atoms with Gasteiger partial charge in [0, 0.05) is 42.7 Å². The molecule has 3 heterocycles. The van der Waals surface area contributed by atoms with Crippen LogP contribution in [0.15, 0.2) is 60.8 Å². The molecular weight excluding hydrogens is 364 g/mol. The molecule has 29 heavy (non-hydrogen) atoms. The SMILES string of the molecule is O=C(c1cn(Cc2ccccc2)c2ccccc12)N1CCC(C2OCCO2)CC1. The van der Waals surface area contributed by atoms with Crippen molar-refractivity contribution in [3.8, 4) is 0 Å². The lowest BCUT2D eigenvalue weighted by Crippen LogP contribution is -2.41. The van der Waals surface area contributed by atoms with E-state index in [4.69, 9.17) is 9.47 Å². The number of hydrogen-bond donors (Lipinski definition) is 0. The van der Waals surface area contributed by atoms with Gasteiger partial charge in [0.05, 0.1) is 18.8 Å². The van der Waals surface area contributed by atoms with Crippen molar-refractivity contribution in [2.45, 2.75) is 25.7 Å². The summed E-state index contributed by atoms with van der Waals surface area (Å²) in [7, 11) is 0. The number of carbonyl (C=O) groups is 1. The summed E-state index contributed by atoms with van der Waals surface area (Å²) in [6.07, 6.45) is 3.80. The van der Waals surface area contributed by atoms with Crippen molar-refractivity contribution in [2.24, 2.45) is 5.92 Å². The number of amides is 1. The lowest BCUT2D eigenvalue weighted by atomic mass is 9.95. The van der Waals surface area contributed by atoms with E-state index in [1.807, 2.05) is 29.3 Å². The van der Waals surface area contributed by atoms with Gasteiger partial charge in [-0.25, -0.2) is 0 Å². The number of para-hydroxylation sites is 1. The smallest absolute Gasteiger partial charge is 0.256 e. The van der Waals surface area contributed by atoms with Gasteiger partial charge < -0.3 is 18.9 Å². The standard InChI is InChI=1S/C24H26N2O3/c27-23(25-12-10-19(11-13-25)24-28-14-15-29-24)21-17-26(16-18-6-2-1-3-7-18)22-9-5-4-8-20(21)22/h1-9,17,19,24H,10-16H2. The second-order valence-electron chi connectivity index (χ2n) is 7.91. The van der Waals surface area contributed by atoms with Gasteiger partial charge in [-0.3, -0.25) is 4.79 Å². The van der Waals surface area contributed by atoms with Crippen LogP contribution in [-0.2, 0) is 16.0 Å². The number of ether oxygens (including phenoxy) is 2. The third-order valence-electron chi connectivity index (χ3n) is 6.07. The molecule has 0 radical (unpaired) electrons. The van der Waals surface area contributed by atoms with Crippen LogP contribution in [0.25, 0.3) is 10.9 Å². The van der Waals surface area contributed by atoms with Gasteiger partial charge in [0.25, 0.3) is 5.91 Å². The molecule has 0 N–H and O–H groups in total. The molecule has 5 nitrogen and oxygen atoms in total. The Hall–Kier alpha value is -2.63. The van der Waals surface area contributed by atoms with Gasteiger partial charge >= 0.3 is 0 Å². The fourth-order valence-corrected chi connectivity index (χ4v) is 4.52. The second-order valence-corrected chi connectivity index (χ2v) is 7.91. The van der Waals surface area contributed by atoms with Gasteiger partial charge in [0.1, 0.15) is 0 Å². The van der Waals surface area contributed by atoms with Crippen LogP contribution in [0.1, 0.15) is 28.8 Å². The topological polar surface area (TPSA) is 43.7 Å². The molecule has 2 aliphatic rings. The molecule has 1 amide bonds. The van der Waals surface area contributed by atoms with E-state index in [1.54, 1.807) is 0 Å². The molecule has 0 atom stereocenters. The maximum Gasteiger partial charge on any atom is 0.256 e. The lowest BCUT2D eigenvalue weighted by Gasteiger charge is -2.33. The summed E-state index contributed by atoms with van der Waals surface area (Å²) in [5.74, 6) is 0.515. The van der Waals surface area contributed by atoms with Gasteiger partial charge in [-0.1, -0.05) is 48.5 Å². The molecule has 2 aliphatic heterocycles. The summed E-state index contributed by atoms with van der Waals surface area (Å²) >= 11 is 0. The van der Waals surface area contributed by atoms with E-state index in [-0.39, 0.29) is 12.2 Å². The summed E-state index contributed by atoms with van der Waals surface area (Å²) in [6.45, 7) is 3.64. The Kier molecular flexibility index (Phi) is 5.08. The Morgan fingerprint density at radius 1 is 0.931 bits per heavy atom. The number of nitrogens with zero attached hydrogens (tertiary/aromatic N) is 2. The monoisotopic (exact) mass is 390 g/mol. The molecular formula is C24H26N2O3. The van der Waals surface area contributed by atoms with Crippen LogP contribution in [0.4, 0.5) is 0 Å². The van der Waals surface area contributed by atoms with E-state index < -0.39 is 0 Å². The van der Waals surface area contributed by atoms with E-state index in [0.717, 1.165) is 48.9 Å². The summed E-state index contributed by atoms with van der Waals surface area (Å²) in [6, 6.07) is 18.6. The first kappa shape index (κ1) is 18.4. The van der Waals surface area contributed by atoms with Crippen molar-refractivity contribution < 1.29 is 14.3 Å². The maximum absolute atomic E-state index is 13.4. The second kappa shape index (κ2) is 8.01. The highest BCUT2D eigenvalue weighted by Gasteiger charge is 2.32. The summed E-state index contributed by atoms with van der Waals surface area (Å²) < 4.78 is 13.5. The fourth-order valence-electron chi connectivity index (χ4n) is 4.52. The molecule has 1 aromatic heterocycles. The number of carbonyl (C=O) groups excluding carboxylic acids is 1. The number of rotatable bonds is 4. The van der Waals surface area contributed by atoms with Gasteiger partial charge in [-0.15, -0.1) is 0 Å². The number of hydrogen-bond acceptors (Lipinski definition) is 3. The fraction of sp³-hybridized carbons (Fsp3) is 0.375. The normalized spacial score (nSPS) is 18.6. The van der Waals surface area contributed by atoms with Crippen LogP contribution >= 0.6 is 0 Å². The van der Waals surface area contributed by atoms with Crippen LogP contribution in [0.2, 0.25) is 0 Å². The van der Waals surface area contributed by atoms with Gasteiger partial charge in [-0.2, -0.15) is 0 Å². The maximum atomic E-state index is 13.4. The van der Waals surface area contributed by atoms with Crippen LogP contribution in [0, 0.1) is 5.92 Å². The molecule has 0 spiro atoms. The molecule has 3 aromatic rings. The largest absolute Gasteiger partial charge is 0.350 e. The van der Waals surface area contributed by atoms with Crippen molar-refractivity contribution in [1.82, 2.24) is 9.47 Å². The number of fused-ring (bicyclic) bond motifs is 1. The van der Waals surface area contributed by atoms with Crippen LogP contribution in [-0.4, -0.2) is 48.0 Å². The minimum absolute atomic E-state index is 0.0833. The number of piperidine rings is 1. The molecule has 0 aliphatic carbocycles. The third-order valence-corrected chi connectivity index (χ3v) is 6.07. The number of aromatic nitrogens is 1. The molecule has 5 heteroatoms. The van der Waals surface area contributed by atoms with Crippen molar-refractivity contribution in [3.63, 3.8) is 0 Å². The third kappa shape index (κ3) is 3.68. The average molecular weight is 390 g/mol. The minimum atomic E-state index is -0.0833. The van der Waals surface area contributed by atoms with Crippen molar-refractivity contribution >= 4 is 16.8 Å². The first-order valence-corrected chi connectivity index (χ1v) is 10.4. The Morgan fingerprint density at radius 3 is 2.38 bits per heavy atom. The Bertz CT molecular complexity index is 984. The van der Waals surface area contributed by atoms with E-state index in [2.05, 4.69) is 41.0 Å². The first-order chi connectivity index (χ1) is 14.3. The van der Waals surface area contributed by atoms with Gasteiger partial charge in [0.2, 0.25) is 0 Å². The van der Waals surface area contributed by atoms with E-state index >= 15 is 0 Å². The summed E-state index contributed by atoms with van der Waals surface area (Å²) in [5.41, 5.74) is 3.12.